The van der Waals surface area contributed by atoms with Crippen LogP contribution in [0.1, 0.15) is 12.0 Å². The van der Waals surface area contributed by atoms with Crippen LogP contribution in [-0.2, 0) is 20.9 Å². The molecule has 0 radical (unpaired) electrons. The zero-order valence-corrected chi connectivity index (χ0v) is 19.5. The summed E-state index contributed by atoms with van der Waals surface area (Å²) in [4.78, 5) is 39.3. The third kappa shape index (κ3) is 5.30. The molecule has 0 atom stereocenters. The zero-order chi connectivity index (χ0) is 23.4. The van der Waals surface area contributed by atoms with Crippen LogP contribution in [0.5, 0.6) is 0 Å². The number of hydrogen-bond donors (Lipinski definition) is 1. The molecular formula is C24H22ClN3O4S. The van der Waals surface area contributed by atoms with Crippen LogP contribution < -0.4 is 5.32 Å². The number of carbonyl (C=O) groups excluding carboxylic acids is 3. The molecule has 33 heavy (non-hydrogen) atoms. The first-order chi connectivity index (χ1) is 16.0. The van der Waals surface area contributed by atoms with Crippen molar-refractivity contribution in [3.05, 3.63) is 70.2 Å². The highest BCUT2D eigenvalue weighted by atomic mass is 35.5. The highest BCUT2D eigenvalue weighted by Crippen LogP contribution is 2.34. The Bertz CT molecular complexity index is 1240. The SMILES string of the molecule is COCCCN1C(=O)S/C(=C/c2cn(CC(=O)Nc3ccc(Cl)cc3)c3ccccc23)C1=O. The molecule has 7 nitrogen and oxygen atoms in total. The number of halogens is 1. The zero-order valence-electron chi connectivity index (χ0n) is 17.9. The number of carbonyl (C=O) groups is 3. The molecule has 0 aliphatic carbocycles. The molecule has 9 heteroatoms. The number of hydrogen-bond acceptors (Lipinski definition) is 5. The predicted molar refractivity (Wildman–Crippen MR) is 131 cm³/mol. The molecule has 1 fully saturated rings. The number of fused-ring (bicyclic) bond motifs is 1. The monoisotopic (exact) mass is 483 g/mol. The van der Waals surface area contributed by atoms with Crippen molar-refractivity contribution in [1.82, 2.24) is 9.47 Å². The summed E-state index contributed by atoms with van der Waals surface area (Å²) < 4.78 is 6.84. The van der Waals surface area contributed by atoms with Gasteiger partial charge in [0.05, 0.1) is 4.91 Å². The molecule has 0 saturated carbocycles. The van der Waals surface area contributed by atoms with Crippen LogP contribution in [-0.4, -0.2) is 46.8 Å². The number of nitrogens with zero attached hydrogens (tertiary/aromatic N) is 2. The molecular weight excluding hydrogens is 462 g/mol. The molecule has 3 aromatic rings. The largest absolute Gasteiger partial charge is 0.385 e. The van der Waals surface area contributed by atoms with E-state index in [9.17, 15) is 14.4 Å². The molecule has 1 aromatic heterocycles. The van der Waals surface area contributed by atoms with Crippen LogP contribution in [0.3, 0.4) is 0 Å². The van der Waals surface area contributed by atoms with Gasteiger partial charge in [0.15, 0.2) is 0 Å². The topological polar surface area (TPSA) is 80.6 Å². The maximum Gasteiger partial charge on any atom is 0.293 e. The molecule has 1 aliphatic heterocycles. The lowest BCUT2D eigenvalue weighted by molar-refractivity contribution is -0.122. The summed E-state index contributed by atoms with van der Waals surface area (Å²) in [6.45, 7) is 0.893. The molecule has 1 saturated heterocycles. The third-order valence-corrected chi connectivity index (χ3v) is 6.31. The van der Waals surface area contributed by atoms with Gasteiger partial charge in [-0.25, -0.2) is 0 Å². The Morgan fingerprint density at radius 2 is 1.91 bits per heavy atom. The number of aromatic nitrogens is 1. The fourth-order valence-corrected chi connectivity index (χ4v) is 4.59. The minimum atomic E-state index is -0.307. The second kappa shape index (κ2) is 10.2. The van der Waals surface area contributed by atoms with Crippen LogP contribution in [0.2, 0.25) is 5.02 Å². The van der Waals surface area contributed by atoms with Crippen LogP contribution in [0, 0.1) is 0 Å². The van der Waals surface area contributed by atoms with E-state index in [-0.39, 0.29) is 23.6 Å². The summed E-state index contributed by atoms with van der Waals surface area (Å²) in [5.41, 5.74) is 2.28. The van der Waals surface area contributed by atoms with Gasteiger partial charge in [0, 0.05) is 53.6 Å². The van der Waals surface area contributed by atoms with E-state index in [1.165, 1.54) is 4.90 Å². The number of anilines is 1. The lowest BCUT2D eigenvalue weighted by atomic mass is 10.1. The van der Waals surface area contributed by atoms with Gasteiger partial charge < -0.3 is 14.6 Å². The first kappa shape index (κ1) is 23.1. The number of nitrogens with one attached hydrogen (secondary N) is 1. The Morgan fingerprint density at radius 1 is 1.15 bits per heavy atom. The molecule has 0 bridgehead atoms. The maximum atomic E-state index is 12.8. The summed E-state index contributed by atoms with van der Waals surface area (Å²) in [6.07, 6.45) is 4.13. The second-order valence-electron chi connectivity index (χ2n) is 7.46. The molecule has 0 spiro atoms. The van der Waals surface area contributed by atoms with Crippen molar-refractivity contribution in [3.63, 3.8) is 0 Å². The van der Waals surface area contributed by atoms with Crippen LogP contribution >= 0.6 is 23.4 Å². The first-order valence-electron chi connectivity index (χ1n) is 10.3. The summed E-state index contributed by atoms with van der Waals surface area (Å²) in [5, 5.41) is 4.06. The number of rotatable bonds is 8. The molecule has 2 aromatic carbocycles. The summed E-state index contributed by atoms with van der Waals surface area (Å²) in [5.74, 6) is -0.499. The Hall–Kier alpha value is -3.07. The van der Waals surface area contributed by atoms with Crippen molar-refractivity contribution in [3.8, 4) is 0 Å². The number of thioether (sulfide) groups is 1. The van der Waals surface area contributed by atoms with E-state index >= 15 is 0 Å². The third-order valence-electron chi connectivity index (χ3n) is 5.15. The van der Waals surface area contributed by atoms with E-state index in [2.05, 4.69) is 5.32 Å². The average Bonchev–Trinajstić information content (AvgIpc) is 3.27. The van der Waals surface area contributed by atoms with Gasteiger partial charge in [-0.1, -0.05) is 29.8 Å². The second-order valence-corrected chi connectivity index (χ2v) is 8.89. The fraction of sp³-hybridized carbons (Fsp3) is 0.208. The minimum Gasteiger partial charge on any atom is -0.385 e. The Labute approximate surface area is 200 Å². The predicted octanol–water partition coefficient (Wildman–Crippen LogP) is 5.01. The van der Waals surface area contributed by atoms with Crippen LogP contribution in [0.25, 0.3) is 17.0 Å². The lowest BCUT2D eigenvalue weighted by Gasteiger charge is -2.11. The molecule has 0 unspecified atom stereocenters. The number of benzene rings is 2. The van der Waals surface area contributed by atoms with Gasteiger partial charge in [0.25, 0.3) is 11.1 Å². The highest BCUT2D eigenvalue weighted by molar-refractivity contribution is 8.18. The van der Waals surface area contributed by atoms with E-state index in [0.717, 1.165) is 28.2 Å². The lowest BCUT2D eigenvalue weighted by Crippen LogP contribution is -2.29. The molecule has 2 heterocycles. The normalized spacial score (nSPS) is 15.1. The van der Waals surface area contributed by atoms with Gasteiger partial charge >= 0.3 is 0 Å². The number of methoxy groups -OCH3 is 1. The van der Waals surface area contributed by atoms with E-state index in [1.54, 1.807) is 37.5 Å². The minimum absolute atomic E-state index is 0.0927. The highest BCUT2D eigenvalue weighted by Gasteiger charge is 2.34. The van der Waals surface area contributed by atoms with E-state index in [1.807, 2.05) is 35.0 Å². The van der Waals surface area contributed by atoms with Gasteiger partial charge in [-0.2, -0.15) is 0 Å². The summed E-state index contributed by atoms with van der Waals surface area (Å²) in [6, 6.07) is 14.5. The van der Waals surface area contributed by atoms with Crippen molar-refractivity contribution in [2.24, 2.45) is 0 Å². The number of ether oxygens (including phenoxy) is 1. The smallest absolute Gasteiger partial charge is 0.293 e. The van der Waals surface area contributed by atoms with Gasteiger partial charge in [0.1, 0.15) is 6.54 Å². The average molecular weight is 484 g/mol. The van der Waals surface area contributed by atoms with Gasteiger partial charge in [0.2, 0.25) is 5.91 Å². The first-order valence-corrected chi connectivity index (χ1v) is 11.5. The van der Waals surface area contributed by atoms with Gasteiger partial charge in [-0.3, -0.25) is 19.3 Å². The maximum absolute atomic E-state index is 12.8. The Balaban J connectivity index is 1.56. The van der Waals surface area contributed by atoms with E-state index in [4.69, 9.17) is 16.3 Å². The summed E-state index contributed by atoms with van der Waals surface area (Å²) >= 11 is 6.83. The standard InChI is InChI=1S/C24H22ClN3O4S/c1-32-12-4-11-28-23(30)21(33-24(28)31)13-16-14-27(20-6-3-2-5-19(16)20)15-22(29)26-18-9-7-17(25)8-10-18/h2-3,5-10,13-14H,4,11-12,15H2,1H3,(H,26,29)/b21-13+. The van der Waals surface area contributed by atoms with Crippen molar-refractivity contribution < 1.29 is 19.1 Å². The summed E-state index contributed by atoms with van der Waals surface area (Å²) in [7, 11) is 1.58. The van der Waals surface area contributed by atoms with Gasteiger partial charge in [-0.15, -0.1) is 0 Å². The number of para-hydroxylation sites is 1. The molecule has 3 amide bonds. The van der Waals surface area contributed by atoms with Crippen molar-refractivity contribution in [2.45, 2.75) is 13.0 Å². The number of imide groups is 1. The molecule has 170 valence electrons. The Kier molecular flexibility index (Phi) is 7.17. The quantitative estimate of drug-likeness (QED) is 0.360. The van der Waals surface area contributed by atoms with E-state index < -0.39 is 0 Å². The van der Waals surface area contributed by atoms with Crippen molar-refractivity contribution in [1.29, 1.82) is 0 Å². The van der Waals surface area contributed by atoms with Crippen LogP contribution in [0.4, 0.5) is 10.5 Å². The van der Waals surface area contributed by atoms with Crippen molar-refractivity contribution >= 4 is 63.1 Å². The molecule has 1 N–H and O–H groups in total. The Morgan fingerprint density at radius 3 is 2.67 bits per heavy atom. The van der Waals surface area contributed by atoms with Gasteiger partial charge in [-0.05, 0) is 54.6 Å². The van der Waals surface area contributed by atoms with Crippen LogP contribution in [0.15, 0.2) is 59.6 Å². The van der Waals surface area contributed by atoms with Crippen molar-refractivity contribution in [2.75, 3.05) is 25.6 Å². The molecule has 1 aliphatic rings. The fourth-order valence-electron chi connectivity index (χ4n) is 3.61. The molecule has 4 rings (SSSR count). The number of amides is 3. The van der Waals surface area contributed by atoms with E-state index in [0.29, 0.717) is 35.2 Å².